The van der Waals surface area contributed by atoms with E-state index in [1.54, 1.807) is 13.8 Å². The fraction of sp³-hybridized carbons (Fsp3) is 0.625. The first-order valence-electron chi connectivity index (χ1n) is 3.36. The normalized spacial score (nSPS) is 10.4. The van der Waals surface area contributed by atoms with E-state index in [1.807, 2.05) is 0 Å². The number of alkyl halides is 1. The van der Waals surface area contributed by atoms with E-state index in [4.69, 9.17) is 18.0 Å². The van der Waals surface area contributed by atoms with Gasteiger partial charge < -0.3 is 5.32 Å². The van der Waals surface area contributed by atoms with Crippen LogP contribution in [0.2, 0.25) is 0 Å². The monoisotopic (exact) mass is 173 g/mol. The average molecular weight is 174 g/mol. The van der Waals surface area contributed by atoms with Crippen LogP contribution in [-0.4, -0.2) is 17.3 Å². The van der Waals surface area contributed by atoms with Crippen molar-refractivity contribution in [3.63, 3.8) is 0 Å². The molecule has 0 radical (unpaired) electrons. The quantitative estimate of drug-likeness (QED) is 0.504. The Labute approximate surface area is 72.3 Å². The zero-order chi connectivity index (χ0) is 8.91. The first-order chi connectivity index (χ1) is 5.02. The molecule has 11 heavy (non-hydrogen) atoms. The lowest BCUT2D eigenvalue weighted by atomic mass is 10.1. The topological polar surface area (TPSA) is 29.1 Å². The SMILES string of the molecule is C#CC(C)(C)NC(=O)CCCl. The standard InChI is InChI=1S/C8H12ClNO/c1-4-8(2,3)10-7(11)5-6-9/h1H,5-6H2,2-3H3,(H,10,11). The van der Waals surface area contributed by atoms with Crippen LogP contribution in [0.15, 0.2) is 0 Å². The van der Waals surface area contributed by atoms with Gasteiger partial charge in [-0.2, -0.15) is 0 Å². The van der Waals surface area contributed by atoms with Gasteiger partial charge in [0, 0.05) is 12.3 Å². The molecule has 1 amide bonds. The van der Waals surface area contributed by atoms with Crippen molar-refractivity contribution in [1.82, 2.24) is 5.32 Å². The largest absolute Gasteiger partial charge is 0.340 e. The number of halogens is 1. The third-order valence-corrected chi connectivity index (χ3v) is 1.32. The van der Waals surface area contributed by atoms with Gasteiger partial charge in [-0.25, -0.2) is 0 Å². The molecule has 0 fully saturated rings. The Hall–Kier alpha value is -0.680. The molecule has 0 spiro atoms. The number of hydrogen-bond donors (Lipinski definition) is 1. The molecule has 2 nitrogen and oxygen atoms in total. The van der Waals surface area contributed by atoms with E-state index in [1.165, 1.54) is 0 Å². The van der Waals surface area contributed by atoms with Crippen LogP contribution in [0.4, 0.5) is 0 Å². The number of carbonyl (C=O) groups excluding carboxylic acids is 1. The molecular weight excluding hydrogens is 162 g/mol. The second-order valence-corrected chi connectivity index (χ2v) is 3.13. The number of carbonyl (C=O) groups is 1. The summed E-state index contributed by atoms with van der Waals surface area (Å²) in [7, 11) is 0. The molecule has 0 aliphatic heterocycles. The van der Waals surface area contributed by atoms with E-state index in [-0.39, 0.29) is 5.91 Å². The number of nitrogens with one attached hydrogen (secondary N) is 1. The third kappa shape index (κ3) is 4.69. The van der Waals surface area contributed by atoms with E-state index in [0.717, 1.165) is 0 Å². The van der Waals surface area contributed by atoms with E-state index in [9.17, 15) is 4.79 Å². The summed E-state index contributed by atoms with van der Waals surface area (Å²) >= 11 is 5.36. The summed E-state index contributed by atoms with van der Waals surface area (Å²) in [6.45, 7) is 3.53. The predicted molar refractivity (Wildman–Crippen MR) is 46.4 cm³/mol. The summed E-state index contributed by atoms with van der Waals surface area (Å²) in [5.74, 6) is 2.67. The Balaban J connectivity index is 3.86. The molecule has 62 valence electrons. The molecular formula is C8H12ClNO. The lowest BCUT2D eigenvalue weighted by Crippen LogP contribution is -2.42. The maximum absolute atomic E-state index is 10.9. The van der Waals surface area contributed by atoms with Gasteiger partial charge in [-0.1, -0.05) is 5.92 Å². The smallest absolute Gasteiger partial charge is 0.222 e. The zero-order valence-corrected chi connectivity index (χ0v) is 7.53. The summed E-state index contributed by atoms with van der Waals surface area (Å²) in [6, 6.07) is 0. The van der Waals surface area contributed by atoms with Crippen molar-refractivity contribution in [2.45, 2.75) is 25.8 Å². The minimum atomic E-state index is -0.566. The first kappa shape index (κ1) is 10.3. The Bertz CT molecular complexity index is 181. The minimum Gasteiger partial charge on any atom is -0.340 e. The van der Waals surface area contributed by atoms with Crippen LogP contribution in [0.1, 0.15) is 20.3 Å². The summed E-state index contributed by atoms with van der Waals surface area (Å²) in [5.41, 5.74) is -0.566. The van der Waals surface area contributed by atoms with Gasteiger partial charge in [0.25, 0.3) is 0 Å². The molecule has 0 saturated heterocycles. The van der Waals surface area contributed by atoms with Crippen LogP contribution in [0.25, 0.3) is 0 Å². The summed E-state index contributed by atoms with van der Waals surface area (Å²) in [5, 5.41) is 2.65. The van der Waals surface area contributed by atoms with Crippen LogP contribution in [0.3, 0.4) is 0 Å². The molecule has 0 saturated carbocycles. The van der Waals surface area contributed by atoms with Gasteiger partial charge in [-0.05, 0) is 13.8 Å². The van der Waals surface area contributed by atoms with Crippen LogP contribution in [0.5, 0.6) is 0 Å². The Morgan fingerprint density at radius 2 is 2.27 bits per heavy atom. The van der Waals surface area contributed by atoms with E-state index in [2.05, 4.69) is 11.2 Å². The summed E-state index contributed by atoms with van der Waals surface area (Å²) in [6.07, 6.45) is 5.47. The maximum Gasteiger partial charge on any atom is 0.222 e. The fourth-order valence-corrected chi connectivity index (χ4v) is 0.705. The third-order valence-electron chi connectivity index (χ3n) is 1.13. The lowest BCUT2D eigenvalue weighted by Gasteiger charge is -2.18. The number of amides is 1. The van der Waals surface area contributed by atoms with Crippen molar-refractivity contribution in [2.24, 2.45) is 0 Å². The van der Waals surface area contributed by atoms with E-state index < -0.39 is 5.54 Å². The minimum absolute atomic E-state index is 0.108. The molecule has 0 bridgehead atoms. The van der Waals surface area contributed by atoms with Gasteiger partial charge in [0.15, 0.2) is 0 Å². The van der Waals surface area contributed by atoms with Gasteiger partial charge in [-0.3, -0.25) is 4.79 Å². The van der Waals surface area contributed by atoms with Crippen LogP contribution >= 0.6 is 11.6 Å². The van der Waals surface area contributed by atoms with Crippen LogP contribution < -0.4 is 5.32 Å². The predicted octanol–water partition coefficient (Wildman–Crippen LogP) is 1.14. The molecule has 0 aliphatic rings. The molecule has 0 unspecified atom stereocenters. The Kier molecular flexibility index (Phi) is 3.99. The van der Waals surface area contributed by atoms with Gasteiger partial charge in [0.05, 0.1) is 5.54 Å². The molecule has 0 heterocycles. The van der Waals surface area contributed by atoms with Crippen molar-refractivity contribution in [3.8, 4) is 12.3 Å². The van der Waals surface area contributed by atoms with E-state index >= 15 is 0 Å². The highest BCUT2D eigenvalue weighted by molar-refractivity contribution is 6.18. The van der Waals surface area contributed by atoms with Crippen molar-refractivity contribution < 1.29 is 4.79 Å². The number of terminal acetylenes is 1. The zero-order valence-electron chi connectivity index (χ0n) is 6.78. The molecule has 0 aromatic heterocycles. The lowest BCUT2D eigenvalue weighted by molar-refractivity contribution is -0.121. The number of rotatable bonds is 3. The molecule has 0 rings (SSSR count). The maximum atomic E-state index is 10.9. The fourth-order valence-electron chi connectivity index (χ4n) is 0.533. The van der Waals surface area contributed by atoms with Crippen molar-refractivity contribution in [3.05, 3.63) is 0 Å². The highest BCUT2D eigenvalue weighted by Gasteiger charge is 2.15. The Morgan fingerprint density at radius 3 is 2.64 bits per heavy atom. The molecule has 0 aromatic carbocycles. The van der Waals surface area contributed by atoms with Crippen LogP contribution in [0, 0.1) is 12.3 Å². The first-order valence-corrected chi connectivity index (χ1v) is 3.90. The van der Waals surface area contributed by atoms with Gasteiger partial charge >= 0.3 is 0 Å². The molecule has 1 N–H and O–H groups in total. The summed E-state index contributed by atoms with van der Waals surface area (Å²) < 4.78 is 0. The van der Waals surface area contributed by atoms with Crippen LogP contribution in [-0.2, 0) is 4.79 Å². The molecule has 0 aliphatic carbocycles. The Morgan fingerprint density at radius 1 is 1.73 bits per heavy atom. The van der Waals surface area contributed by atoms with Gasteiger partial charge in [0.2, 0.25) is 5.91 Å². The van der Waals surface area contributed by atoms with Crippen molar-refractivity contribution >= 4 is 17.5 Å². The van der Waals surface area contributed by atoms with Crippen molar-refractivity contribution in [1.29, 1.82) is 0 Å². The molecule has 0 atom stereocenters. The van der Waals surface area contributed by atoms with E-state index in [0.29, 0.717) is 12.3 Å². The highest BCUT2D eigenvalue weighted by Crippen LogP contribution is 1.99. The second-order valence-electron chi connectivity index (χ2n) is 2.76. The highest BCUT2D eigenvalue weighted by atomic mass is 35.5. The molecule has 0 aromatic rings. The van der Waals surface area contributed by atoms with Crippen molar-refractivity contribution in [2.75, 3.05) is 5.88 Å². The second kappa shape index (κ2) is 4.25. The van der Waals surface area contributed by atoms with Gasteiger partial charge in [0.1, 0.15) is 0 Å². The number of hydrogen-bond acceptors (Lipinski definition) is 1. The van der Waals surface area contributed by atoms with Gasteiger partial charge in [-0.15, -0.1) is 18.0 Å². The summed E-state index contributed by atoms with van der Waals surface area (Å²) in [4.78, 5) is 10.9. The molecule has 3 heteroatoms. The average Bonchev–Trinajstić information content (AvgIpc) is 1.87.